The van der Waals surface area contributed by atoms with E-state index in [1.54, 1.807) is 14.2 Å². The number of methoxy groups -OCH3 is 2. The van der Waals surface area contributed by atoms with Gasteiger partial charge in [0, 0.05) is 19.5 Å². The molecule has 0 bridgehead atoms. The molecule has 2 aromatic rings. The van der Waals surface area contributed by atoms with Gasteiger partial charge in [0.1, 0.15) is 0 Å². The van der Waals surface area contributed by atoms with Gasteiger partial charge in [-0.05, 0) is 68.2 Å². The highest BCUT2D eigenvalue weighted by Gasteiger charge is 2.12. The molecule has 1 aliphatic rings. The van der Waals surface area contributed by atoms with Crippen LogP contribution in [0.15, 0.2) is 42.5 Å². The Kier molecular flexibility index (Phi) is 10.1. The lowest BCUT2D eigenvalue weighted by molar-refractivity contribution is -0.120. The van der Waals surface area contributed by atoms with Crippen LogP contribution in [0.5, 0.6) is 23.0 Å². The summed E-state index contributed by atoms with van der Waals surface area (Å²) in [6, 6.07) is 11.8. The van der Waals surface area contributed by atoms with Gasteiger partial charge in [-0.2, -0.15) is 0 Å². The number of hydrogen-bond acceptors (Lipinski definition) is 6. The lowest BCUT2D eigenvalue weighted by atomic mass is 10.1. The van der Waals surface area contributed by atoms with E-state index < -0.39 is 0 Å². The van der Waals surface area contributed by atoms with Crippen molar-refractivity contribution in [2.24, 2.45) is 0 Å². The van der Waals surface area contributed by atoms with E-state index in [1.807, 2.05) is 42.5 Å². The second-order valence-electron chi connectivity index (χ2n) is 8.37. The SMILES string of the molecule is COc1ccc(CCN(C)CCCCCNC(=O)C/C=C/c2ccc3c(c2)OCO3)cc1OC. The summed E-state index contributed by atoms with van der Waals surface area (Å²) in [5, 5.41) is 2.99. The fourth-order valence-electron chi connectivity index (χ4n) is 3.77. The molecule has 0 radical (unpaired) electrons. The van der Waals surface area contributed by atoms with E-state index in [0.717, 1.165) is 67.3 Å². The van der Waals surface area contributed by atoms with Crippen molar-refractivity contribution in [3.8, 4) is 23.0 Å². The zero-order valence-electron chi connectivity index (χ0n) is 20.5. The first-order valence-electron chi connectivity index (χ1n) is 11.8. The van der Waals surface area contributed by atoms with Crippen LogP contribution >= 0.6 is 0 Å². The van der Waals surface area contributed by atoms with E-state index in [2.05, 4.69) is 23.3 Å². The number of nitrogens with one attached hydrogen (secondary N) is 1. The minimum atomic E-state index is 0.0454. The Morgan fingerprint density at radius 3 is 2.65 bits per heavy atom. The number of unbranched alkanes of at least 4 members (excludes halogenated alkanes) is 2. The summed E-state index contributed by atoms with van der Waals surface area (Å²) in [7, 11) is 5.46. The number of hydrogen-bond donors (Lipinski definition) is 1. The highest BCUT2D eigenvalue weighted by molar-refractivity contribution is 5.78. The predicted octanol–water partition coefficient (Wildman–Crippen LogP) is 4.30. The average Bonchev–Trinajstić information content (AvgIpc) is 3.32. The molecule has 3 rings (SSSR count). The maximum absolute atomic E-state index is 12.0. The molecular weight excluding hydrogens is 432 g/mol. The molecule has 7 heteroatoms. The quantitative estimate of drug-likeness (QED) is 0.417. The number of carbonyl (C=O) groups excluding carboxylic acids is 1. The number of fused-ring (bicyclic) bond motifs is 1. The molecule has 1 aliphatic heterocycles. The molecule has 34 heavy (non-hydrogen) atoms. The third kappa shape index (κ3) is 7.99. The number of nitrogens with zero attached hydrogens (tertiary/aromatic N) is 1. The number of amides is 1. The Morgan fingerprint density at radius 2 is 1.82 bits per heavy atom. The van der Waals surface area contributed by atoms with Crippen LogP contribution in [-0.2, 0) is 11.2 Å². The lowest BCUT2D eigenvalue weighted by Crippen LogP contribution is -2.24. The summed E-state index contributed by atoms with van der Waals surface area (Å²) in [4.78, 5) is 14.4. The zero-order chi connectivity index (χ0) is 24.2. The average molecular weight is 469 g/mol. The number of ether oxygens (including phenoxy) is 4. The van der Waals surface area contributed by atoms with Gasteiger partial charge < -0.3 is 29.2 Å². The zero-order valence-corrected chi connectivity index (χ0v) is 20.5. The van der Waals surface area contributed by atoms with Crippen LogP contribution in [0.2, 0.25) is 0 Å². The van der Waals surface area contributed by atoms with Gasteiger partial charge in [-0.25, -0.2) is 0 Å². The first-order chi connectivity index (χ1) is 16.6. The minimum Gasteiger partial charge on any atom is -0.493 e. The molecule has 2 aromatic carbocycles. The van der Waals surface area contributed by atoms with Crippen LogP contribution in [0.25, 0.3) is 6.08 Å². The summed E-state index contributed by atoms with van der Waals surface area (Å²) in [6.45, 7) is 3.01. The monoisotopic (exact) mass is 468 g/mol. The molecule has 0 spiro atoms. The topological polar surface area (TPSA) is 69.3 Å². The fourth-order valence-corrected chi connectivity index (χ4v) is 3.77. The molecule has 0 aromatic heterocycles. The summed E-state index contributed by atoms with van der Waals surface area (Å²) in [6.07, 6.45) is 8.33. The summed E-state index contributed by atoms with van der Waals surface area (Å²) >= 11 is 0. The molecule has 0 atom stereocenters. The first-order valence-corrected chi connectivity index (χ1v) is 11.8. The Labute approximate surface area is 202 Å². The largest absolute Gasteiger partial charge is 0.493 e. The van der Waals surface area contributed by atoms with Gasteiger partial charge in [0.2, 0.25) is 12.7 Å². The van der Waals surface area contributed by atoms with Crippen LogP contribution < -0.4 is 24.3 Å². The van der Waals surface area contributed by atoms with Crippen molar-refractivity contribution in [2.45, 2.75) is 32.1 Å². The molecule has 1 amide bonds. The van der Waals surface area contributed by atoms with Crippen LogP contribution in [-0.4, -0.2) is 58.5 Å². The molecule has 1 heterocycles. The highest BCUT2D eigenvalue weighted by Crippen LogP contribution is 2.32. The Morgan fingerprint density at radius 1 is 1.00 bits per heavy atom. The van der Waals surface area contributed by atoms with Crippen LogP contribution in [0.1, 0.15) is 36.8 Å². The standard InChI is InChI=1S/C27H36N2O5/c1-29(17-14-22-10-12-23(31-2)25(18-22)32-3)16-6-4-5-15-28-27(30)9-7-8-21-11-13-24-26(19-21)34-20-33-24/h7-8,10-13,18-19H,4-6,9,14-17,20H2,1-3H3,(H,28,30)/b8-7+. The van der Waals surface area contributed by atoms with Gasteiger partial charge in [0.05, 0.1) is 14.2 Å². The smallest absolute Gasteiger partial charge is 0.231 e. The van der Waals surface area contributed by atoms with Gasteiger partial charge in [0.25, 0.3) is 0 Å². The molecule has 0 saturated carbocycles. The van der Waals surface area contributed by atoms with Crippen molar-refractivity contribution < 1.29 is 23.7 Å². The molecule has 0 unspecified atom stereocenters. The van der Waals surface area contributed by atoms with Crippen molar-refractivity contribution in [3.05, 3.63) is 53.6 Å². The highest BCUT2D eigenvalue weighted by atomic mass is 16.7. The Hall–Kier alpha value is -3.19. The number of benzene rings is 2. The molecule has 7 nitrogen and oxygen atoms in total. The Bertz CT molecular complexity index is 960. The fraction of sp³-hybridized carbons (Fsp3) is 0.444. The van der Waals surface area contributed by atoms with Crippen LogP contribution in [0.3, 0.4) is 0 Å². The van der Waals surface area contributed by atoms with Crippen molar-refractivity contribution in [2.75, 3.05) is 47.7 Å². The number of carbonyl (C=O) groups is 1. The van der Waals surface area contributed by atoms with E-state index >= 15 is 0 Å². The summed E-state index contributed by atoms with van der Waals surface area (Å²) < 4.78 is 21.3. The molecule has 0 fully saturated rings. The molecular formula is C27H36N2O5. The van der Waals surface area contributed by atoms with Crippen molar-refractivity contribution in [1.29, 1.82) is 0 Å². The van der Waals surface area contributed by atoms with Gasteiger partial charge in [-0.3, -0.25) is 4.79 Å². The third-order valence-corrected chi connectivity index (χ3v) is 5.78. The van der Waals surface area contributed by atoms with E-state index in [9.17, 15) is 4.79 Å². The predicted molar refractivity (Wildman–Crippen MR) is 134 cm³/mol. The van der Waals surface area contributed by atoms with Gasteiger partial charge >= 0.3 is 0 Å². The van der Waals surface area contributed by atoms with Gasteiger partial charge in [0.15, 0.2) is 23.0 Å². The van der Waals surface area contributed by atoms with Crippen LogP contribution in [0.4, 0.5) is 0 Å². The molecule has 0 aliphatic carbocycles. The van der Waals surface area contributed by atoms with Crippen molar-refractivity contribution in [3.63, 3.8) is 0 Å². The second kappa shape index (κ2) is 13.5. The normalized spacial score (nSPS) is 12.4. The first kappa shape index (κ1) is 25.4. The van der Waals surface area contributed by atoms with Gasteiger partial charge in [-0.15, -0.1) is 0 Å². The number of rotatable bonds is 14. The number of likely N-dealkylation sites (N-methyl/N-ethyl adjacent to an activating group) is 1. The maximum Gasteiger partial charge on any atom is 0.231 e. The third-order valence-electron chi connectivity index (χ3n) is 5.78. The van der Waals surface area contributed by atoms with E-state index in [1.165, 1.54) is 5.56 Å². The minimum absolute atomic E-state index is 0.0454. The van der Waals surface area contributed by atoms with E-state index in [-0.39, 0.29) is 12.7 Å². The van der Waals surface area contributed by atoms with Crippen molar-refractivity contribution in [1.82, 2.24) is 10.2 Å². The van der Waals surface area contributed by atoms with Crippen LogP contribution in [0, 0.1) is 0 Å². The maximum atomic E-state index is 12.0. The Balaban J connectivity index is 1.23. The molecule has 184 valence electrons. The lowest BCUT2D eigenvalue weighted by Gasteiger charge is -2.17. The summed E-state index contributed by atoms with van der Waals surface area (Å²) in [5.74, 6) is 3.08. The molecule has 0 saturated heterocycles. The van der Waals surface area contributed by atoms with Gasteiger partial charge in [-0.1, -0.05) is 30.7 Å². The van der Waals surface area contributed by atoms with E-state index in [4.69, 9.17) is 18.9 Å². The van der Waals surface area contributed by atoms with E-state index in [0.29, 0.717) is 13.0 Å². The molecule has 1 N–H and O–H groups in total. The van der Waals surface area contributed by atoms with Crippen molar-refractivity contribution >= 4 is 12.0 Å². The summed E-state index contributed by atoms with van der Waals surface area (Å²) in [5.41, 5.74) is 2.23. The second-order valence-corrected chi connectivity index (χ2v) is 8.37.